The van der Waals surface area contributed by atoms with Crippen molar-refractivity contribution in [3.8, 4) is 17.2 Å². The van der Waals surface area contributed by atoms with Crippen LogP contribution in [0.3, 0.4) is 0 Å². The quantitative estimate of drug-likeness (QED) is 0.620. The second kappa shape index (κ2) is 8.73. The van der Waals surface area contributed by atoms with Gasteiger partial charge < -0.3 is 14.2 Å². The molecule has 0 saturated heterocycles. The van der Waals surface area contributed by atoms with Crippen LogP contribution in [0.4, 0.5) is 0 Å². The summed E-state index contributed by atoms with van der Waals surface area (Å²) in [7, 11) is 3.14. The Hall–Kier alpha value is -3.02. The Morgan fingerprint density at radius 2 is 1.92 bits per heavy atom. The summed E-state index contributed by atoms with van der Waals surface area (Å²) in [5, 5.41) is 3.94. The minimum absolute atomic E-state index is 0.114. The maximum Gasteiger partial charge on any atom is 0.277 e. The third-order valence-corrected chi connectivity index (χ3v) is 3.74. The lowest BCUT2D eigenvalue weighted by Gasteiger charge is -2.10. The standard InChI is InChI=1S/C19H22N2O4/c1-13-6-5-7-17(14(13)2)25-12-19(22)21-20-11-15-10-16(23-3)8-9-18(15)24-4/h5-11H,12H2,1-4H3,(H,21,22). The number of carbonyl (C=O) groups excluding carboxylic acids is 1. The van der Waals surface area contributed by atoms with Crippen molar-refractivity contribution in [2.45, 2.75) is 13.8 Å². The highest BCUT2D eigenvalue weighted by Crippen LogP contribution is 2.22. The molecule has 0 aliphatic rings. The minimum Gasteiger partial charge on any atom is -0.497 e. The smallest absolute Gasteiger partial charge is 0.277 e. The van der Waals surface area contributed by atoms with E-state index in [-0.39, 0.29) is 12.5 Å². The van der Waals surface area contributed by atoms with Crippen LogP contribution in [0.2, 0.25) is 0 Å². The van der Waals surface area contributed by atoms with Crippen molar-refractivity contribution in [1.82, 2.24) is 5.43 Å². The Morgan fingerprint density at radius 3 is 2.64 bits per heavy atom. The van der Waals surface area contributed by atoms with Crippen LogP contribution >= 0.6 is 0 Å². The van der Waals surface area contributed by atoms with Crippen molar-refractivity contribution in [3.63, 3.8) is 0 Å². The molecule has 2 aromatic rings. The lowest BCUT2D eigenvalue weighted by atomic mass is 10.1. The van der Waals surface area contributed by atoms with Gasteiger partial charge in [0.05, 0.1) is 20.4 Å². The molecular formula is C19H22N2O4. The Labute approximate surface area is 147 Å². The Bertz CT molecular complexity index is 772. The summed E-state index contributed by atoms with van der Waals surface area (Å²) < 4.78 is 15.9. The molecule has 0 aliphatic heterocycles. The fourth-order valence-corrected chi connectivity index (χ4v) is 2.17. The molecule has 0 heterocycles. The predicted octanol–water partition coefficient (Wildman–Crippen LogP) is 2.85. The Kier molecular flexibility index (Phi) is 6.39. The molecule has 0 bridgehead atoms. The third kappa shape index (κ3) is 4.97. The van der Waals surface area contributed by atoms with E-state index in [2.05, 4.69) is 10.5 Å². The number of benzene rings is 2. The van der Waals surface area contributed by atoms with E-state index in [0.29, 0.717) is 22.8 Å². The molecule has 25 heavy (non-hydrogen) atoms. The van der Waals surface area contributed by atoms with Crippen LogP contribution in [0.1, 0.15) is 16.7 Å². The van der Waals surface area contributed by atoms with Gasteiger partial charge in [-0.2, -0.15) is 5.10 Å². The van der Waals surface area contributed by atoms with Gasteiger partial charge in [0.25, 0.3) is 5.91 Å². The highest BCUT2D eigenvalue weighted by atomic mass is 16.5. The van der Waals surface area contributed by atoms with Gasteiger partial charge in [0.1, 0.15) is 17.2 Å². The molecule has 0 fully saturated rings. The molecule has 0 unspecified atom stereocenters. The Morgan fingerprint density at radius 1 is 1.12 bits per heavy atom. The largest absolute Gasteiger partial charge is 0.497 e. The highest BCUT2D eigenvalue weighted by Gasteiger charge is 2.06. The number of ether oxygens (including phenoxy) is 3. The van der Waals surface area contributed by atoms with Crippen LogP contribution in [-0.2, 0) is 4.79 Å². The SMILES string of the molecule is COc1ccc(OC)c(C=NNC(=O)COc2cccc(C)c2C)c1. The maximum atomic E-state index is 11.9. The molecule has 6 heteroatoms. The predicted molar refractivity (Wildman–Crippen MR) is 96.7 cm³/mol. The first-order valence-electron chi connectivity index (χ1n) is 7.78. The summed E-state index contributed by atoms with van der Waals surface area (Å²) in [4.78, 5) is 11.9. The van der Waals surface area contributed by atoms with Gasteiger partial charge in [-0.15, -0.1) is 0 Å². The first-order chi connectivity index (χ1) is 12.0. The number of aryl methyl sites for hydroxylation is 1. The molecule has 6 nitrogen and oxygen atoms in total. The van der Waals surface area contributed by atoms with Gasteiger partial charge in [0.15, 0.2) is 6.61 Å². The van der Waals surface area contributed by atoms with Gasteiger partial charge in [-0.3, -0.25) is 4.79 Å². The van der Waals surface area contributed by atoms with Crippen molar-refractivity contribution < 1.29 is 19.0 Å². The third-order valence-electron chi connectivity index (χ3n) is 3.74. The number of amides is 1. The number of methoxy groups -OCH3 is 2. The van der Waals surface area contributed by atoms with E-state index >= 15 is 0 Å². The molecule has 0 radical (unpaired) electrons. The lowest BCUT2D eigenvalue weighted by molar-refractivity contribution is -0.123. The van der Waals surface area contributed by atoms with Crippen molar-refractivity contribution in [3.05, 3.63) is 53.1 Å². The average molecular weight is 342 g/mol. The molecule has 0 aromatic heterocycles. The number of hydrogen-bond donors (Lipinski definition) is 1. The number of nitrogens with one attached hydrogen (secondary N) is 1. The number of rotatable bonds is 7. The number of carbonyl (C=O) groups is 1. The fraction of sp³-hybridized carbons (Fsp3) is 0.263. The van der Waals surface area contributed by atoms with E-state index in [0.717, 1.165) is 11.1 Å². The summed E-state index contributed by atoms with van der Waals surface area (Å²) in [6.07, 6.45) is 1.50. The maximum absolute atomic E-state index is 11.9. The van der Waals surface area contributed by atoms with Gasteiger partial charge in [-0.1, -0.05) is 12.1 Å². The molecule has 2 rings (SSSR count). The van der Waals surface area contributed by atoms with Gasteiger partial charge in [-0.05, 0) is 49.2 Å². The zero-order chi connectivity index (χ0) is 18.2. The van der Waals surface area contributed by atoms with Crippen molar-refractivity contribution in [2.75, 3.05) is 20.8 Å². The van der Waals surface area contributed by atoms with Crippen LogP contribution in [0.5, 0.6) is 17.2 Å². The number of hydrazone groups is 1. The molecule has 1 N–H and O–H groups in total. The topological polar surface area (TPSA) is 69.2 Å². The first-order valence-corrected chi connectivity index (χ1v) is 7.78. The van der Waals surface area contributed by atoms with Crippen LogP contribution in [0.15, 0.2) is 41.5 Å². The fourth-order valence-electron chi connectivity index (χ4n) is 2.17. The summed E-state index contributed by atoms with van der Waals surface area (Å²) >= 11 is 0. The summed E-state index contributed by atoms with van der Waals surface area (Å²) in [5.41, 5.74) is 5.25. The molecule has 0 atom stereocenters. The molecule has 0 spiro atoms. The minimum atomic E-state index is -0.348. The highest BCUT2D eigenvalue weighted by molar-refractivity contribution is 5.86. The van der Waals surface area contributed by atoms with E-state index < -0.39 is 0 Å². The van der Waals surface area contributed by atoms with E-state index in [1.807, 2.05) is 32.0 Å². The van der Waals surface area contributed by atoms with E-state index in [1.54, 1.807) is 32.4 Å². The molecule has 2 aromatic carbocycles. The molecule has 132 valence electrons. The van der Waals surface area contributed by atoms with Gasteiger partial charge >= 0.3 is 0 Å². The Balaban J connectivity index is 1.93. The number of nitrogens with zero attached hydrogens (tertiary/aromatic N) is 1. The van der Waals surface area contributed by atoms with Gasteiger partial charge in [-0.25, -0.2) is 5.43 Å². The first kappa shape index (κ1) is 18.3. The van der Waals surface area contributed by atoms with E-state index in [9.17, 15) is 4.79 Å². The van der Waals surface area contributed by atoms with Gasteiger partial charge in [0, 0.05) is 5.56 Å². The van der Waals surface area contributed by atoms with Crippen LogP contribution in [0.25, 0.3) is 0 Å². The van der Waals surface area contributed by atoms with Crippen molar-refractivity contribution in [2.24, 2.45) is 5.10 Å². The van der Waals surface area contributed by atoms with Gasteiger partial charge in [0.2, 0.25) is 0 Å². The second-order valence-corrected chi connectivity index (χ2v) is 5.39. The monoisotopic (exact) mass is 342 g/mol. The van der Waals surface area contributed by atoms with Crippen LogP contribution in [-0.4, -0.2) is 32.9 Å². The van der Waals surface area contributed by atoms with Crippen molar-refractivity contribution >= 4 is 12.1 Å². The second-order valence-electron chi connectivity index (χ2n) is 5.39. The molecule has 0 aliphatic carbocycles. The molecule has 1 amide bonds. The summed E-state index contributed by atoms with van der Waals surface area (Å²) in [6, 6.07) is 11.0. The summed E-state index contributed by atoms with van der Waals surface area (Å²) in [6.45, 7) is 3.83. The lowest BCUT2D eigenvalue weighted by Crippen LogP contribution is -2.24. The number of hydrogen-bond acceptors (Lipinski definition) is 5. The molecular weight excluding hydrogens is 320 g/mol. The molecule has 0 saturated carbocycles. The average Bonchev–Trinajstić information content (AvgIpc) is 2.62. The summed E-state index contributed by atoms with van der Waals surface area (Å²) in [5.74, 6) is 1.64. The van der Waals surface area contributed by atoms with Crippen molar-refractivity contribution in [1.29, 1.82) is 0 Å². The normalized spacial score (nSPS) is 10.6. The van der Waals surface area contributed by atoms with Crippen LogP contribution < -0.4 is 19.6 Å². The van der Waals surface area contributed by atoms with E-state index in [4.69, 9.17) is 14.2 Å². The van der Waals surface area contributed by atoms with Crippen LogP contribution in [0, 0.1) is 13.8 Å². The van der Waals surface area contributed by atoms with E-state index in [1.165, 1.54) is 6.21 Å². The zero-order valence-corrected chi connectivity index (χ0v) is 14.8. The zero-order valence-electron chi connectivity index (χ0n) is 14.8.